The lowest BCUT2D eigenvalue weighted by Gasteiger charge is -2.34. The van der Waals surface area contributed by atoms with Crippen LogP contribution in [0.3, 0.4) is 0 Å². The molecule has 0 aromatic heterocycles. The Hall–Kier alpha value is -2.12. The highest BCUT2D eigenvalue weighted by molar-refractivity contribution is 5.96. The second-order valence-corrected chi connectivity index (χ2v) is 6.00. The Morgan fingerprint density at radius 1 is 1.20 bits per heavy atom. The Morgan fingerprint density at radius 2 is 1.88 bits per heavy atom. The van der Waals surface area contributed by atoms with Crippen LogP contribution >= 0.6 is 0 Å². The highest BCUT2D eigenvalue weighted by atomic mass is 16.6. The van der Waals surface area contributed by atoms with Gasteiger partial charge in [-0.2, -0.15) is 0 Å². The predicted octanol–water partition coefficient (Wildman–Crippen LogP) is 1.40. The van der Waals surface area contributed by atoms with Crippen molar-refractivity contribution < 1.29 is 24.2 Å². The van der Waals surface area contributed by atoms with Crippen molar-refractivity contribution in [2.24, 2.45) is 0 Å². The number of rotatable bonds is 7. The van der Waals surface area contributed by atoms with Crippen LogP contribution in [0.4, 0.5) is 4.79 Å². The summed E-state index contributed by atoms with van der Waals surface area (Å²) in [6.07, 6.45) is -0.957. The molecule has 0 radical (unpaired) electrons. The van der Waals surface area contributed by atoms with Gasteiger partial charge < -0.3 is 19.5 Å². The van der Waals surface area contributed by atoms with Crippen molar-refractivity contribution in [2.45, 2.75) is 20.0 Å². The minimum atomic E-state index is -0.672. The number of carbonyl (C=O) groups excluding carboxylic acids is 2. The number of hydrogen-bond acceptors (Lipinski definition) is 6. The van der Waals surface area contributed by atoms with Gasteiger partial charge in [0.15, 0.2) is 5.78 Å². The monoisotopic (exact) mass is 350 g/mol. The molecule has 1 N–H and O–H groups in total. The maximum absolute atomic E-state index is 11.7. The zero-order valence-corrected chi connectivity index (χ0v) is 14.8. The van der Waals surface area contributed by atoms with Gasteiger partial charge in [0.25, 0.3) is 0 Å². The van der Waals surface area contributed by atoms with Crippen molar-refractivity contribution in [3.05, 3.63) is 29.8 Å². The molecule has 0 unspecified atom stereocenters. The van der Waals surface area contributed by atoms with Gasteiger partial charge in [0.1, 0.15) is 18.5 Å². The fraction of sp³-hybridized carbons (Fsp3) is 0.556. The summed E-state index contributed by atoms with van der Waals surface area (Å²) < 4.78 is 10.6. The van der Waals surface area contributed by atoms with Crippen LogP contribution in [0, 0.1) is 0 Å². The molecule has 2 rings (SSSR count). The number of ether oxygens (including phenoxy) is 2. The van der Waals surface area contributed by atoms with Crippen LogP contribution < -0.4 is 4.74 Å². The van der Waals surface area contributed by atoms with E-state index in [1.54, 1.807) is 36.1 Å². The molecule has 1 saturated heterocycles. The van der Waals surface area contributed by atoms with Gasteiger partial charge in [0, 0.05) is 32.7 Å². The SMILES string of the molecule is CCOC(=O)N1CCN(C[C@H](O)COc2ccccc2C(C)=O)CC1. The topological polar surface area (TPSA) is 79.3 Å². The summed E-state index contributed by atoms with van der Waals surface area (Å²) in [6, 6.07) is 7.01. The quantitative estimate of drug-likeness (QED) is 0.749. The summed E-state index contributed by atoms with van der Waals surface area (Å²) in [5.41, 5.74) is 0.512. The van der Waals surface area contributed by atoms with E-state index < -0.39 is 6.10 Å². The minimum Gasteiger partial charge on any atom is -0.490 e. The number of hydrogen-bond donors (Lipinski definition) is 1. The molecule has 0 aliphatic carbocycles. The number of carbonyl (C=O) groups is 2. The minimum absolute atomic E-state index is 0.0693. The van der Waals surface area contributed by atoms with E-state index in [1.165, 1.54) is 6.92 Å². The average molecular weight is 350 g/mol. The van der Waals surface area contributed by atoms with E-state index in [0.717, 1.165) is 0 Å². The smallest absolute Gasteiger partial charge is 0.409 e. The first kappa shape index (κ1) is 19.2. The summed E-state index contributed by atoms with van der Waals surface area (Å²) >= 11 is 0. The highest BCUT2D eigenvalue weighted by Gasteiger charge is 2.23. The first-order valence-electron chi connectivity index (χ1n) is 8.56. The lowest BCUT2D eigenvalue weighted by atomic mass is 10.1. The lowest BCUT2D eigenvalue weighted by molar-refractivity contribution is 0.0405. The molecule has 0 saturated carbocycles. The molecule has 1 aromatic rings. The van der Waals surface area contributed by atoms with Crippen molar-refractivity contribution in [1.82, 2.24) is 9.80 Å². The largest absolute Gasteiger partial charge is 0.490 e. The average Bonchev–Trinajstić information content (AvgIpc) is 2.61. The summed E-state index contributed by atoms with van der Waals surface area (Å²) in [6.45, 7) is 6.74. The van der Waals surface area contributed by atoms with E-state index in [0.29, 0.717) is 50.6 Å². The second kappa shape index (κ2) is 9.39. The van der Waals surface area contributed by atoms with Crippen molar-refractivity contribution in [1.29, 1.82) is 0 Å². The molecule has 7 nitrogen and oxygen atoms in total. The van der Waals surface area contributed by atoms with Crippen molar-refractivity contribution in [3.63, 3.8) is 0 Å². The molecule has 138 valence electrons. The Bertz CT molecular complexity index is 585. The number of β-amino-alcohol motifs (C(OH)–C–C–N with tert-alkyl or cyclic N) is 1. The van der Waals surface area contributed by atoms with Gasteiger partial charge in [-0.1, -0.05) is 12.1 Å². The molecule has 1 aliphatic rings. The Kier molecular flexibility index (Phi) is 7.21. The Balaban J connectivity index is 1.76. The fourth-order valence-corrected chi connectivity index (χ4v) is 2.75. The number of ketones is 1. The standard InChI is InChI=1S/C18H26N2O5/c1-3-24-18(23)20-10-8-19(9-11-20)12-15(22)13-25-17-7-5-4-6-16(17)14(2)21/h4-7,15,22H,3,8-13H2,1-2H3/t15-/m0/s1. The zero-order chi connectivity index (χ0) is 18.2. The summed E-state index contributed by atoms with van der Waals surface area (Å²) in [4.78, 5) is 27.0. The van der Waals surface area contributed by atoms with Gasteiger partial charge in [-0.25, -0.2) is 4.79 Å². The van der Waals surface area contributed by atoms with Crippen molar-refractivity contribution in [2.75, 3.05) is 45.9 Å². The fourth-order valence-electron chi connectivity index (χ4n) is 2.75. The van der Waals surface area contributed by atoms with Crippen molar-refractivity contribution >= 4 is 11.9 Å². The first-order valence-corrected chi connectivity index (χ1v) is 8.56. The van der Waals surface area contributed by atoms with E-state index in [2.05, 4.69) is 4.90 Å². The molecule has 1 aliphatic heterocycles. The molecule has 1 atom stereocenters. The summed E-state index contributed by atoms with van der Waals surface area (Å²) in [7, 11) is 0. The zero-order valence-electron chi connectivity index (χ0n) is 14.8. The molecule has 1 aromatic carbocycles. The van der Waals surface area contributed by atoms with Gasteiger partial charge in [0.05, 0.1) is 12.2 Å². The van der Waals surface area contributed by atoms with Crippen molar-refractivity contribution in [3.8, 4) is 5.75 Å². The summed E-state index contributed by atoms with van der Waals surface area (Å²) in [5.74, 6) is 0.418. The third-order valence-electron chi connectivity index (χ3n) is 4.06. The molecule has 1 fully saturated rings. The van der Waals surface area contributed by atoms with Crippen LogP contribution in [0.15, 0.2) is 24.3 Å². The third-order valence-corrected chi connectivity index (χ3v) is 4.06. The second-order valence-electron chi connectivity index (χ2n) is 6.00. The molecule has 25 heavy (non-hydrogen) atoms. The number of nitrogens with zero attached hydrogens (tertiary/aromatic N) is 2. The number of aliphatic hydroxyl groups excluding tert-OH is 1. The summed E-state index contributed by atoms with van der Waals surface area (Å²) in [5, 5.41) is 10.2. The Labute approximate surface area is 148 Å². The maximum Gasteiger partial charge on any atom is 0.409 e. The molecule has 7 heteroatoms. The van der Waals surface area contributed by atoms with Gasteiger partial charge in [-0.05, 0) is 26.0 Å². The lowest BCUT2D eigenvalue weighted by Crippen LogP contribution is -2.51. The number of piperazine rings is 1. The molecule has 1 amide bonds. The number of benzene rings is 1. The van der Waals surface area contributed by atoms with Crippen LogP contribution in [0.2, 0.25) is 0 Å². The van der Waals surface area contributed by atoms with Gasteiger partial charge >= 0.3 is 6.09 Å². The Morgan fingerprint density at radius 3 is 2.52 bits per heavy atom. The number of amides is 1. The number of aliphatic hydroxyl groups is 1. The van der Waals surface area contributed by atoms with Gasteiger partial charge in [-0.3, -0.25) is 9.69 Å². The predicted molar refractivity (Wildman–Crippen MR) is 93.0 cm³/mol. The van der Waals surface area contributed by atoms with E-state index >= 15 is 0 Å². The molecular weight excluding hydrogens is 324 g/mol. The molecule has 1 heterocycles. The third kappa shape index (κ3) is 5.72. The number of Topliss-reactive ketones (excluding diaryl/α,β-unsaturated/α-hetero) is 1. The van der Waals surface area contributed by atoms with Crippen LogP contribution in [0.5, 0.6) is 5.75 Å². The van der Waals surface area contributed by atoms with Crippen LogP contribution in [-0.4, -0.2) is 78.8 Å². The van der Waals surface area contributed by atoms with E-state index in [9.17, 15) is 14.7 Å². The maximum atomic E-state index is 11.7. The first-order chi connectivity index (χ1) is 12.0. The molecular formula is C18H26N2O5. The van der Waals surface area contributed by atoms with E-state index in [4.69, 9.17) is 9.47 Å². The van der Waals surface area contributed by atoms with Gasteiger partial charge in [-0.15, -0.1) is 0 Å². The number of para-hydroxylation sites is 1. The van der Waals surface area contributed by atoms with Crippen LogP contribution in [0.1, 0.15) is 24.2 Å². The normalized spacial score (nSPS) is 16.4. The molecule has 0 spiro atoms. The van der Waals surface area contributed by atoms with Gasteiger partial charge in [0.2, 0.25) is 0 Å². The van der Waals surface area contributed by atoms with Crippen LogP contribution in [0.25, 0.3) is 0 Å². The van der Waals surface area contributed by atoms with Crippen LogP contribution in [-0.2, 0) is 4.74 Å². The van der Waals surface area contributed by atoms with E-state index in [1.807, 2.05) is 0 Å². The molecule has 0 bridgehead atoms. The highest BCUT2D eigenvalue weighted by Crippen LogP contribution is 2.18. The van der Waals surface area contributed by atoms with E-state index in [-0.39, 0.29) is 18.5 Å².